The molecule has 26 heavy (non-hydrogen) atoms. The third-order valence-electron chi connectivity index (χ3n) is 3.54. The highest BCUT2D eigenvalue weighted by atomic mass is 32.2. The zero-order valence-electron chi connectivity index (χ0n) is 13.9. The van der Waals surface area contributed by atoms with Crippen molar-refractivity contribution in [2.24, 2.45) is 0 Å². The molecule has 0 saturated carbocycles. The number of esters is 1. The minimum absolute atomic E-state index is 0.111. The Labute approximate surface area is 159 Å². The highest BCUT2D eigenvalue weighted by Gasteiger charge is 2.18. The van der Waals surface area contributed by atoms with Crippen LogP contribution in [0.3, 0.4) is 0 Å². The zero-order valence-corrected chi connectivity index (χ0v) is 15.5. The Morgan fingerprint density at radius 2 is 2.12 bits per heavy atom. The quantitative estimate of drug-likeness (QED) is 0.604. The highest BCUT2D eigenvalue weighted by Crippen LogP contribution is 2.32. The number of nitrogens with one attached hydrogen (secondary N) is 2. The van der Waals surface area contributed by atoms with E-state index in [-0.39, 0.29) is 18.1 Å². The van der Waals surface area contributed by atoms with E-state index < -0.39 is 11.9 Å². The molecule has 0 bridgehead atoms. The van der Waals surface area contributed by atoms with Crippen LogP contribution in [0.4, 0.5) is 11.4 Å². The summed E-state index contributed by atoms with van der Waals surface area (Å²) < 4.78 is 5.06. The van der Waals surface area contributed by atoms with Crippen molar-refractivity contribution in [3.8, 4) is 0 Å². The van der Waals surface area contributed by atoms with E-state index in [1.54, 1.807) is 36.0 Å². The lowest BCUT2D eigenvalue weighted by Gasteiger charge is -2.16. The molecule has 3 rings (SSSR count). The van der Waals surface area contributed by atoms with Crippen LogP contribution in [0.15, 0.2) is 52.3 Å². The normalized spacial score (nSPS) is 12.7. The smallest absolute Gasteiger partial charge is 0.338 e. The van der Waals surface area contributed by atoms with Crippen LogP contribution in [-0.2, 0) is 14.3 Å². The Morgan fingerprint density at radius 1 is 1.27 bits per heavy atom. The van der Waals surface area contributed by atoms with Gasteiger partial charge in [-0.25, -0.2) is 4.79 Å². The largest absolute Gasteiger partial charge is 0.452 e. The maximum Gasteiger partial charge on any atom is 0.338 e. The summed E-state index contributed by atoms with van der Waals surface area (Å²) >= 11 is 2.98. The van der Waals surface area contributed by atoms with Crippen LogP contribution in [-0.4, -0.2) is 36.4 Å². The summed E-state index contributed by atoms with van der Waals surface area (Å²) in [6.45, 7) is -0.388. The summed E-state index contributed by atoms with van der Waals surface area (Å²) in [6, 6.07) is 12.3. The summed E-state index contributed by atoms with van der Waals surface area (Å²) in [5, 5.41) is 5.40. The van der Waals surface area contributed by atoms with E-state index in [1.165, 1.54) is 11.8 Å². The Morgan fingerprint density at radius 3 is 2.92 bits per heavy atom. The molecule has 2 aromatic carbocycles. The number of anilines is 2. The molecule has 0 saturated heterocycles. The number of carbonyl (C=O) groups is 3. The molecule has 2 aromatic rings. The first-order valence-corrected chi connectivity index (χ1v) is 9.94. The second-order valence-corrected chi connectivity index (χ2v) is 7.30. The molecule has 134 valence electrons. The molecule has 0 radical (unpaired) electrons. The van der Waals surface area contributed by atoms with Crippen LogP contribution in [0.25, 0.3) is 0 Å². The fraction of sp³-hybridized carbons (Fsp3) is 0.167. The predicted molar refractivity (Wildman–Crippen MR) is 103 cm³/mol. The molecule has 6 nitrogen and oxygen atoms in total. The minimum atomic E-state index is -0.620. The Bertz CT molecular complexity index is 870. The van der Waals surface area contributed by atoms with Gasteiger partial charge in [-0.15, -0.1) is 23.5 Å². The molecular formula is C18H16N2O4S2. The van der Waals surface area contributed by atoms with Crippen LogP contribution in [0.1, 0.15) is 10.4 Å². The van der Waals surface area contributed by atoms with E-state index in [0.717, 1.165) is 9.79 Å². The van der Waals surface area contributed by atoms with E-state index in [9.17, 15) is 14.4 Å². The molecule has 0 fully saturated rings. The monoisotopic (exact) mass is 388 g/mol. The van der Waals surface area contributed by atoms with Gasteiger partial charge >= 0.3 is 5.97 Å². The fourth-order valence-electron chi connectivity index (χ4n) is 2.32. The van der Waals surface area contributed by atoms with Crippen LogP contribution in [0.5, 0.6) is 0 Å². The summed E-state index contributed by atoms with van der Waals surface area (Å²) in [7, 11) is 0. The van der Waals surface area contributed by atoms with Gasteiger partial charge in [-0.1, -0.05) is 6.07 Å². The predicted octanol–water partition coefficient (Wildman–Crippen LogP) is 3.25. The first kappa shape index (κ1) is 18.3. The number of fused-ring (bicyclic) bond motifs is 1. The van der Waals surface area contributed by atoms with E-state index in [2.05, 4.69) is 10.6 Å². The van der Waals surface area contributed by atoms with Gasteiger partial charge in [0.15, 0.2) is 6.61 Å². The van der Waals surface area contributed by atoms with Gasteiger partial charge in [0.25, 0.3) is 5.91 Å². The summed E-state index contributed by atoms with van der Waals surface area (Å²) in [5.41, 5.74) is 1.51. The number of carbonyl (C=O) groups excluding carboxylic acids is 3. The van der Waals surface area contributed by atoms with Crippen molar-refractivity contribution in [3.05, 3.63) is 48.0 Å². The standard InChI is InChI=1S/C18H16N2O4S2/c1-25-13-4-2-3-12(8-13)19-16(21)9-24-18(23)11-5-6-15-14(7-11)20-17(22)10-26-15/h2-8H,9-10H2,1H3,(H,19,21)(H,20,22). The van der Waals surface area contributed by atoms with Gasteiger partial charge in [0.05, 0.1) is 17.0 Å². The number of ether oxygens (including phenoxy) is 1. The zero-order chi connectivity index (χ0) is 18.5. The van der Waals surface area contributed by atoms with Gasteiger partial charge in [0, 0.05) is 15.5 Å². The van der Waals surface area contributed by atoms with Gasteiger partial charge in [0.2, 0.25) is 5.91 Å². The average Bonchev–Trinajstić information content (AvgIpc) is 2.65. The van der Waals surface area contributed by atoms with Gasteiger partial charge in [-0.3, -0.25) is 9.59 Å². The second-order valence-electron chi connectivity index (χ2n) is 5.40. The maximum absolute atomic E-state index is 12.1. The van der Waals surface area contributed by atoms with Crippen LogP contribution >= 0.6 is 23.5 Å². The molecule has 1 heterocycles. The van der Waals surface area contributed by atoms with Gasteiger partial charge in [-0.05, 0) is 42.7 Å². The lowest BCUT2D eigenvalue weighted by Crippen LogP contribution is -2.22. The van der Waals surface area contributed by atoms with Gasteiger partial charge < -0.3 is 15.4 Å². The van der Waals surface area contributed by atoms with Crippen molar-refractivity contribution >= 4 is 52.7 Å². The van der Waals surface area contributed by atoms with Crippen LogP contribution in [0.2, 0.25) is 0 Å². The maximum atomic E-state index is 12.1. The van der Waals surface area contributed by atoms with Crippen molar-refractivity contribution in [2.45, 2.75) is 9.79 Å². The van der Waals surface area contributed by atoms with Crippen molar-refractivity contribution in [1.82, 2.24) is 0 Å². The molecule has 2 N–H and O–H groups in total. The van der Waals surface area contributed by atoms with Crippen molar-refractivity contribution < 1.29 is 19.1 Å². The second kappa shape index (κ2) is 8.29. The Balaban J connectivity index is 1.57. The third kappa shape index (κ3) is 4.59. The molecule has 0 atom stereocenters. The van der Waals surface area contributed by atoms with E-state index >= 15 is 0 Å². The van der Waals surface area contributed by atoms with Crippen LogP contribution in [0, 0.1) is 0 Å². The molecule has 0 spiro atoms. The first-order chi connectivity index (χ1) is 12.5. The summed E-state index contributed by atoms with van der Waals surface area (Å²) in [6.07, 6.45) is 1.95. The molecule has 0 aliphatic carbocycles. The number of hydrogen-bond donors (Lipinski definition) is 2. The van der Waals surface area contributed by atoms with E-state index in [4.69, 9.17) is 4.74 Å². The van der Waals surface area contributed by atoms with Gasteiger partial charge in [-0.2, -0.15) is 0 Å². The number of thioether (sulfide) groups is 2. The number of rotatable bonds is 5. The third-order valence-corrected chi connectivity index (χ3v) is 5.33. The topological polar surface area (TPSA) is 84.5 Å². The minimum Gasteiger partial charge on any atom is -0.452 e. The number of benzene rings is 2. The Hall–Kier alpha value is -2.45. The average molecular weight is 388 g/mol. The molecule has 1 aliphatic heterocycles. The van der Waals surface area contributed by atoms with Gasteiger partial charge in [0.1, 0.15) is 0 Å². The number of amides is 2. The number of hydrogen-bond acceptors (Lipinski definition) is 6. The van der Waals surface area contributed by atoms with E-state index in [1.807, 2.05) is 24.5 Å². The first-order valence-electron chi connectivity index (χ1n) is 7.73. The molecular weight excluding hydrogens is 372 g/mol. The summed E-state index contributed by atoms with van der Waals surface area (Å²) in [4.78, 5) is 37.5. The molecule has 0 aromatic heterocycles. The van der Waals surface area contributed by atoms with E-state index in [0.29, 0.717) is 17.1 Å². The lowest BCUT2D eigenvalue weighted by molar-refractivity contribution is -0.119. The highest BCUT2D eigenvalue weighted by molar-refractivity contribution is 8.00. The molecule has 1 aliphatic rings. The SMILES string of the molecule is CSc1cccc(NC(=O)COC(=O)c2ccc3c(c2)NC(=O)CS3)c1. The lowest BCUT2D eigenvalue weighted by atomic mass is 10.2. The van der Waals surface area contributed by atoms with Crippen molar-refractivity contribution in [1.29, 1.82) is 0 Å². The molecule has 2 amide bonds. The van der Waals surface area contributed by atoms with Crippen molar-refractivity contribution in [3.63, 3.8) is 0 Å². The molecule has 0 unspecified atom stereocenters. The Kier molecular flexibility index (Phi) is 5.85. The van der Waals surface area contributed by atoms with Crippen molar-refractivity contribution in [2.75, 3.05) is 29.2 Å². The molecule has 8 heteroatoms. The fourth-order valence-corrected chi connectivity index (χ4v) is 3.57. The van der Waals surface area contributed by atoms with Crippen LogP contribution < -0.4 is 10.6 Å². The summed E-state index contributed by atoms with van der Waals surface area (Å²) in [5.74, 6) is -0.793.